The minimum Gasteiger partial charge on any atom is -0.289 e. The van der Waals surface area contributed by atoms with Gasteiger partial charge in [0.2, 0.25) is 0 Å². The molecule has 0 aliphatic carbocycles. The van der Waals surface area contributed by atoms with E-state index in [0.29, 0.717) is 6.04 Å². The van der Waals surface area contributed by atoms with E-state index in [-0.39, 0.29) is 0 Å². The van der Waals surface area contributed by atoms with Gasteiger partial charge in [0.25, 0.3) is 0 Å². The summed E-state index contributed by atoms with van der Waals surface area (Å²) in [5, 5.41) is 13.3. The molecule has 2 aromatic rings. The second-order valence-corrected chi connectivity index (χ2v) is 5.43. The zero-order valence-electron chi connectivity index (χ0n) is 12.5. The molecule has 1 aliphatic rings. The first kappa shape index (κ1) is 13.3. The fraction of sp³-hybridized carbons (Fsp3) is 0.643. The van der Waals surface area contributed by atoms with Crippen LogP contribution in [0.25, 0.3) is 0 Å². The number of hydrogen-bond acceptors (Lipinski definition) is 4. The first-order chi connectivity index (χ1) is 9.69. The quantitative estimate of drug-likeness (QED) is 0.851. The third kappa shape index (κ3) is 2.35. The Morgan fingerprint density at radius 2 is 2.20 bits per heavy atom. The highest BCUT2D eigenvalue weighted by molar-refractivity contribution is 5.12. The first-order valence-corrected chi connectivity index (χ1v) is 7.31. The van der Waals surface area contributed by atoms with Gasteiger partial charge in [0, 0.05) is 19.8 Å². The molecule has 1 aliphatic heterocycles. The van der Waals surface area contributed by atoms with Crippen molar-refractivity contribution in [2.45, 2.75) is 45.8 Å². The molecule has 3 heterocycles. The molecular formula is C14H22N6. The molecule has 2 aromatic heterocycles. The maximum absolute atomic E-state index is 4.57. The molecule has 1 fully saturated rings. The van der Waals surface area contributed by atoms with Crippen molar-refractivity contribution >= 4 is 0 Å². The molecule has 0 spiro atoms. The average molecular weight is 274 g/mol. The Morgan fingerprint density at radius 3 is 2.85 bits per heavy atom. The summed E-state index contributed by atoms with van der Waals surface area (Å²) in [6, 6.07) is 2.58. The monoisotopic (exact) mass is 274 g/mol. The van der Waals surface area contributed by atoms with E-state index in [1.165, 1.54) is 18.5 Å². The van der Waals surface area contributed by atoms with E-state index in [1.54, 1.807) is 4.80 Å². The van der Waals surface area contributed by atoms with Crippen LogP contribution in [0.5, 0.6) is 0 Å². The van der Waals surface area contributed by atoms with Crippen LogP contribution in [0.2, 0.25) is 0 Å². The van der Waals surface area contributed by atoms with Crippen molar-refractivity contribution in [2.24, 2.45) is 7.05 Å². The highest BCUT2D eigenvalue weighted by Crippen LogP contribution is 2.32. The Bertz CT molecular complexity index is 584. The van der Waals surface area contributed by atoms with Gasteiger partial charge < -0.3 is 0 Å². The topological polar surface area (TPSA) is 51.8 Å². The third-order valence-electron chi connectivity index (χ3n) is 4.12. The minimum absolute atomic E-state index is 0.452. The third-order valence-corrected chi connectivity index (χ3v) is 4.12. The first-order valence-electron chi connectivity index (χ1n) is 7.31. The van der Waals surface area contributed by atoms with Crippen LogP contribution >= 0.6 is 0 Å². The Kier molecular flexibility index (Phi) is 3.56. The van der Waals surface area contributed by atoms with Crippen molar-refractivity contribution in [1.29, 1.82) is 0 Å². The van der Waals surface area contributed by atoms with E-state index in [4.69, 9.17) is 0 Å². The molecule has 6 heteroatoms. The number of hydrogen-bond donors (Lipinski definition) is 0. The van der Waals surface area contributed by atoms with Gasteiger partial charge in [-0.15, -0.1) is 0 Å². The normalized spacial score (nSPS) is 19.9. The highest BCUT2D eigenvalue weighted by atomic mass is 15.5. The summed E-state index contributed by atoms with van der Waals surface area (Å²) < 4.78 is 1.98. The number of rotatable bonds is 4. The fourth-order valence-corrected chi connectivity index (χ4v) is 3.01. The van der Waals surface area contributed by atoms with Crippen molar-refractivity contribution in [3.8, 4) is 0 Å². The van der Waals surface area contributed by atoms with E-state index < -0.39 is 0 Å². The molecule has 1 unspecified atom stereocenters. The zero-order chi connectivity index (χ0) is 14.1. The van der Waals surface area contributed by atoms with E-state index in [9.17, 15) is 0 Å². The van der Waals surface area contributed by atoms with Gasteiger partial charge in [-0.05, 0) is 39.3 Å². The smallest absolute Gasteiger partial charge is 0.0996 e. The molecule has 20 heavy (non-hydrogen) atoms. The Morgan fingerprint density at radius 1 is 1.35 bits per heavy atom. The summed E-state index contributed by atoms with van der Waals surface area (Å²) in [5.74, 6) is 0. The molecule has 0 aromatic carbocycles. The van der Waals surface area contributed by atoms with Crippen LogP contribution in [0.15, 0.2) is 12.3 Å². The van der Waals surface area contributed by atoms with Crippen LogP contribution < -0.4 is 0 Å². The lowest BCUT2D eigenvalue weighted by Gasteiger charge is -2.23. The second kappa shape index (κ2) is 5.36. The summed E-state index contributed by atoms with van der Waals surface area (Å²) in [4.78, 5) is 4.27. The number of aromatic nitrogens is 5. The van der Waals surface area contributed by atoms with Crippen molar-refractivity contribution in [1.82, 2.24) is 29.7 Å². The highest BCUT2D eigenvalue weighted by Gasteiger charge is 2.29. The van der Waals surface area contributed by atoms with E-state index >= 15 is 0 Å². The van der Waals surface area contributed by atoms with Crippen LogP contribution in [0, 0.1) is 6.92 Å². The molecule has 6 nitrogen and oxygen atoms in total. The number of nitrogens with zero attached hydrogens (tertiary/aromatic N) is 6. The van der Waals surface area contributed by atoms with Crippen LogP contribution in [0.4, 0.5) is 0 Å². The maximum atomic E-state index is 4.57. The van der Waals surface area contributed by atoms with E-state index in [2.05, 4.69) is 33.2 Å². The van der Waals surface area contributed by atoms with Crippen molar-refractivity contribution in [2.75, 3.05) is 6.54 Å². The van der Waals surface area contributed by atoms with Gasteiger partial charge in [-0.25, -0.2) is 0 Å². The van der Waals surface area contributed by atoms with Gasteiger partial charge in [0.05, 0.1) is 29.7 Å². The Balaban J connectivity index is 1.79. The Labute approximate surface area is 119 Å². The van der Waals surface area contributed by atoms with Crippen LogP contribution in [-0.2, 0) is 20.1 Å². The van der Waals surface area contributed by atoms with Gasteiger partial charge in [-0.2, -0.15) is 20.1 Å². The SMILES string of the molecule is CCn1nc(C)c(CN2CCCC2c2ccnn2C)n1. The van der Waals surface area contributed by atoms with Gasteiger partial charge in [-0.1, -0.05) is 0 Å². The Hall–Kier alpha value is -1.69. The summed E-state index contributed by atoms with van der Waals surface area (Å²) in [5.41, 5.74) is 3.44. The molecule has 0 radical (unpaired) electrons. The largest absolute Gasteiger partial charge is 0.289 e. The number of likely N-dealkylation sites (tertiary alicyclic amines) is 1. The molecule has 108 valence electrons. The number of aryl methyl sites for hydroxylation is 3. The fourth-order valence-electron chi connectivity index (χ4n) is 3.01. The summed E-state index contributed by atoms with van der Waals surface area (Å²) >= 11 is 0. The van der Waals surface area contributed by atoms with Crippen LogP contribution in [0.1, 0.15) is 42.9 Å². The van der Waals surface area contributed by atoms with Gasteiger partial charge in [0.15, 0.2) is 0 Å². The average Bonchev–Trinajstić information content (AvgIpc) is 3.12. The second-order valence-electron chi connectivity index (χ2n) is 5.43. The van der Waals surface area contributed by atoms with Crippen molar-refractivity contribution in [3.63, 3.8) is 0 Å². The van der Waals surface area contributed by atoms with Crippen molar-refractivity contribution in [3.05, 3.63) is 29.3 Å². The minimum atomic E-state index is 0.452. The van der Waals surface area contributed by atoms with Gasteiger partial charge in [-0.3, -0.25) is 9.58 Å². The lowest BCUT2D eigenvalue weighted by Crippen LogP contribution is -2.25. The molecule has 0 saturated carbocycles. The summed E-state index contributed by atoms with van der Waals surface area (Å²) in [7, 11) is 2.02. The van der Waals surface area contributed by atoms with Gasteiger partial charge in [0.1, 0.15) is 0 Å². The molecular weight excluding hydrogens is 252 g/mol. The van der Waals surface area contributed by atoms with Gasteiger partial charge >= 0.3 is 0 Å². The van der Waals surface area contributed by atoms with Crippen LogP contribution in [0.3, 0.4) is 0 Å². The lowest BCUT2D eigenvalue weighted by atomic mass is 10.1. The summed E-state index contributed by atoms with van der Waals surface area (Å²) in [6.45, 7) is 6.93. The van der Waals surface area contributed by atoms with E-state index in [0.717, 1.165) is 31.0 Å². The van der Waals surface area contributed by atoms with E-state index in [1.807, 2.05) is 24.9 Å². The maximum Gasteiger partial charge on any atom is 0.0996 e. The molecule has 1 saturated heterocycles. The molecule has 0 bridgehead atoms. The molecule has 0 amide bonds. The molecule has 1 atom stereocenters. The summed E-state index contributed by atoms with van der Waals surface area (Å²) in [6.07, 6.45) is 4.31. The molecule has 3 rings (SSSR count). The van der Waals surface area contributed by atoms with Crippen LogP contribution in [-0.4, -0.2) is 36.2 Å². The molecule has 0 N–H and O–H groups in total. The lowest BCUT2D eigenvalue weighted by molar-refractivity contribution is 0.235. The van der Waals surface area contributed by atoms with Crippen molar-refractivity contribution < 1.29 is 0 Å². The standard InChI is InChI=1S/C14H22N6/c1-4-20-16-11(2)12(17-20)10-19-9-5-6-14(19)13-7-8-15-18(13)3/h7-8,14H,4-6,9-10H2,1-3H3. The zero-order valence-corrected chi connectivity index (χ0v) is 12.5. The predicted molar refractivity (Wildman–Crippen MR) is 76.0 cm³/mol. The predicted octanol–water partition coefficient (Wildman–Crippen LogP) is 1.68.